The van der Waals surface area contributed by atoms with Crippen molar-refractivity contribution in [1.29, 1.82) is 0 Å². The molecular formula is C19H28N6O. The molecule has 3 rings (SSSR count). The highest BCUT2D eigenvalue weighted by Crippen LogP contribution is 2.26. The predicted octanol–water partition coefficient (Wildman–Crippen LogP) is 2.39. The molecule has 1 aliphatic rings. The van der Waals surface area contributed by atoms with Gasteiger partial charge in [-0.25, -0.2) is 9.97 Å². The van der Waals surface area contributed by atoms with Crippen LogP contribution in [0.15, 0.2) is 31.0 Å². The van der Waals surface area contributed by atoms with Crippen molar-refractivity contribution in [1.82, 2.24) is 25.1 Å². The molecule has 1 fully saturated rings. The minimum atomic E-state index is -0.173. The smallest absolute Gasteiger partial charge is 0.224 e. The molecule has 0 aliphatic heterocycles. The molecule has 26 heavy (non-hydrogen) atoms. The van der Waals surface area contributed by atoms with Crippen LogP contribution in [0.3, 0.4) is 0 Å². The van der Waals surface area contributed by atoms with E-state index in [0.717, 1.165) is 11.4 Å². The summed E-state index contributed by atoms with van der Waals surface area (Å²) >= 11 is 0. The number of aromatic nitrogens is 4. The minimum absolute atomic E-state index is 0.00984. The third-order valence-electron chi connectivity index (χ3n) is 5.15. The maximum Gasteiger partial charge on any atom is 0.224 e. The molecule has 7 nitrogen and oxygen atoms in total. The van der Waals surface area contributed by atoms with Gasteiger partial charge in [-0.05, 0) is 18.9 Å². The maximum absolute atomic E-state index is 12.4. The molecule has 1 atom stereocenters. The number of nitrogens with one attached hydrogen (secondary N) is 1. The van der Waals surface area contributed by atoms with E-state index in [9.17, 15) is 4.79 Å². The number of hydrogen-bond acceptors (Lipinski definition) is 5. The number of rotatable bonds is 7. The van der Waals surface area contributed by atoms with Gasteiger partial charge in [0.25, 0.3) is 0 Å². The van der Waals surface area contributed by atoms with Crippen LogP contribution in [0.5, 0.6) is 0 Å². The fourth-order valence-electron chi connectivity index (χ4n) is 3.57. The third-order valence-corrected chi connectivity index (χ3v) is 5.15. The topological polar surface area (TPSA) is 75.9 Å². The summed E-state index contributed by atoms with van der Waals surface area (Å²) in [5, 5.41) is 7.10. The second kappa shape index (κ2) is 8.78. The SMILES string of the molecule is C[C@@H](Cn1cncn1)C(=O)NCc1cccnc1N(C)C1CCCCC1. The summed E-state index contributed by atoms with van der Waals surface area (Å²) in [6, 6.07) is 4.52. The van der Waals surface area contributed by atoms with Crippen LogP contribution < -0.4 is 10.2 Å². The van der Waals surface area contributed by atoms with Gasteiger partial charge >= 0.3 is 0 Å². The highest BCUT2D eigenvalue weighted by molar-refractivity contribution is 5.78. The van der Waals surface area contributed by atoms with Gasteiger partial charge in [-0.1, -0.05) is 32.3 Å². The average Bonchev–Trinajstić information content (AvgIpc) is 3.19. The minimum Gasteiger partial charge on any atom is -0.356 e. The van der Waals surface area contributed by atoms with E-state index in [1.54, 1.807) is 11.0 Å². The fraction of sp³-hybridized carbons (Fsp3) is 0.579. The second-order valence-electron chi connectivity index (χ2n) is 7.13. The molecule has 1 N–H and O–H groups in total. The number of carbonyl (C=O) groups is 1. The van der Waals surface area contributed by atoms with Crippen molar-refractivity contribution in [3.05, 3.63) is 36.5 Å². The molecule has 1 saturated carbocycles. The summed E-state index contributed by atoms with van der Waals surface area (Å²) in [6.07, 6.45) is 11.3. The Morgan fingerprint density at radius 3 is 2.92 bits per heavy atom. The van der Waals surface area contributed by atoms with Crippen molar-refractivity contribution in [3.63, 3.8) is 0 Å². The van der Waals surface area contributed by atoms with E-state index < -0.39 is 0 Å². The van der Waals surface area contributed by atoms with Crippen molar-refractivity contribution in [2.45, 2.75) is 58.2 Å². The van der Waals surface area contributed by atoms with Crippen molar-refractivity contribution in [2.24, 2.45) is 5.92 Å². The van der Waals surface area contributed by atoms with Gasteiger partial charge in [-0.2, -0.15) is 5.10 Å². The van der Waals surface area contributed by atoms with Crippen LogP contribution in [-0.4, -0.2) is 38.7 Å². The first-order valence-electron chi connectivity index (χ1n) is 9.42. The van der Waals surface area contributed by atoms with Crippen LogP contribution in [-0.2, 0) is 17.9 Å². The summed E-state index contributed by atoms with van der Waals surface area (Å²) < 4.78 is 1.68. The lowest BCUT2D eigenvalue weighted by atomic mass is 9.94. The van der Waals surface area contributed by atoms with Gasteiger partial charge in [0.1, 0.15) is 18.5 Å². The summed E-state index contributed by atoms with van der Waals surface area (Å²) in [4.78, 5) is 23.2. The largest absolute Gasteiger partial charge is 0.356 e. The lowest BCUT2D eigenvalue weighted by Gasteiger charge is -2.33. The Kier molecular flexibility index (Phi) is 6.20. The number of pyridine rings is 1. The van der Waals surface area contributed by atoms with Crippen molar-refractivity contribution < 1.29 is 4.79 Å². The van der Waals surface area contributed by atoms with Gasteiger partial charge in [-0.15, -0.1) is 0 Å². The van der Waals surface area contributed by atoms with Gasteiger partial charge in [0.15, 0.2) is 0 Å². The van der Waals surface area contributed by atoms with E-state index in [0.29, 0.717) is 19.1 Å². The molecule has 0 radical (unpaired) electrons. The zero-order chi connectivity index (χ0) is 18.4. The van der Waals surface area contributed by atoms with Crippen molar-refractivity contribution in [3.8, 4) is 0 Å². The quantitative estimate of drug-likeness (QED) is 0.824. The monoisotopic (exact) mass is 356 g/mol. The van der Waals surface area contributed by atoms with Gasteiger partial charge < -0.3 is 10.2 Å². The van der Waals surface area contributed by atoms with Gasteiger partial charge in [0, 0.05) is 31.4 Å². The molecule has 0 spiro atoms. The zero-order valence-electron chi connectivity index (χ0n) is 15.6. The Bertz CT molecular complexity index is 696. The van der Waals surface area contributed by atoms with Crippen LogP contribution >= 0.6 is 0 Å². The van der Waals surface area contributed by atoms with Gasteiger partial charge in [0.05, 0.1) is 12.5 Å². The maximum atomic E-state index is 12.4. The Hall–Kier alpha value is -2.44. The first-order chi connectivity index (χ1) is 12.6. The van der Waals surface area contributed by atoms with Crippen LogP contribution in [0.4, 0.5) is 5.82 Å². The number of anilines is 1. The number of nitrogens with zero attached hydrogens (tertiary/aromatic N) is 5. The normalized spacial score (nSPS) is 16.2. The Morgan fingerprint density at radius 2 is 2.19 bits per heavy atom. The Morgan fingerprint density at radius 1 is 1.38 bits per heavy atom. The lowest BCUT2D eigenvalue weighted by Crippen LogP contribution is -2.36. The summed E-state index contributed by atoms with van der Waals surface area (Å²) in [6.45, 7) is 2.91. The average molecular weight is 356 g/mol. The Balaban J connectivity index is 1.60. The molecule has 0 saturated heterocycles. The molecule has 0 bridgehead atoms. The van der Waals surface area contributed by atoms with E-state index in [-0.39, 0.29) is 11.8 Å². The highest BCUT2D eigenvalue weighted by Gasteiger charge is 2.21. The summed E-state index contributed by atoms with van der Waals surface area (Å²) in [7, 11) is 2.12. The molecule has 2 heterocycles. The summed E-state index contributed by atoms with van der Waals surface area (Å²) in [5.74, 6) is 0.812. The van der Waals surface area contributed by atoms with Crippen LogP contribution in [0.1, 0.15) is 44.6 Å². The van der Waals surface area contributed by atoms with E-state index in [4.69, 9.17) is 0 Å². The molecule has 1 aliphatic carbocycles. The lowest BCUT2D eigenvalue weighted by molar-refractivity contribution is -0.125. The van der Waals surface area contributed by atoms with Gasteiger partial charge in [0.2, 0.25) is 5.91 Å². The molecule has 0 aromatic carbocycles. The molecular weight excluding hydrogens is 328 g/mol. The molecule has 1 amide bonds. The van der Waals surface area contributed by atoms with Crippen LogP contribution in [0, 0.1) is 5.92 Å². The molecule has 140 valence electrons. The highest BCUT2D eigenvalue weighted by atomic mass is 16.1. The van der Waals surface area contributed by atoms with E-state index in [1.165, 1.54) is 38.4 Å². The standard InChI is InChI=1S/C19H28N6O/c1-15(12-25-14-20-13-23-25)19(26)22-11-16-7-6-10-21-18(16)24(2)17-8-4-3-5-9-17/h6-7,10,13-15,17H,3-5,8-9,11-12H2,1-2H3,(H,22,26)/t15-/m0/s1. The zero-order valence-corrected chi connectivity index (χ0v) is 15.6. The Labute approximate surface area is 154 Å². The predicted molar refractivity (Wildman–Crippen MR) is 101 cm³/mol. The number of hydrogen-bond donors (Lipinski definition) is 1. The third kappa shape index (κ3) is 4.59. The fourth-order valence-corrected chi connectivity index (χ4v) is 3.57. The van der Waals surface area contributed by atoms with E-state index in [1.807, 2.05) is 25.3 Å². The van der Waals surface area contributed by atoms with Crippen LogP contribution in [0.2, 0.25) is 0 Å². The first-order valence-corrected chi connectivity index (χ1v) is 9.42. The molecule has 2 aromatic rings. The second-order valence-corrected chi connectivity index (χ2v) is 7.13. The number of amides is 1. The molecule has 7 heteroatoms. The van der Waals surface area contributed by atoms with E-state index in [2.05, 4.69) is 32.3 Å². The van der Waals surface area contributed by atoms with Crippen molar-refractivity contribution in [2.75, 3.05) is 11.9 Å². The molecule has 2 aromatic heterocycles. The number of carbonyl (C=O) groups excluding carboxylic acids is 1. The van der Waals surface area contributed by atoms with Crippen molar-refractivity contribution >= 4 is 11.7 Å². The van der Waals surface area contributed by atoms with Crippen LogP contribution in [0.25, 0.3) is 0 Å². The molecule has 0 unspecified atom stereocenters. The first kappa shape index (κ1) is 18.4. The van der Waals surface area contributed by atoms with Gasteiger partial charge in [-0.3, -0.25) is 9.48 Å². The summed E-state index contributed by atoms with van der Waals surface area (Å²) in [5.41, 5.74) is 1.06. The van der Waals surface area contributed by atoms with E-state index >= 15 is 0 Å².